The predicted octanol–water partition coefficient (Wildman–Crippen LogP) is 3.09. The lowest BCUT2D eigenvalue weighted by Gasteiger charge is -2.10. The number of hydrogen-bond donors (Lipinski definition) is 1. The Bertz CT molecular complexity index is 680. The molecule has 0 saturated carbocycles. The molecular weight excluding hydrogens is 290 g/mol. The second-order valence-electron chi connectivity index (χ2n) is 4.81. The molecule has 5 nitrogen and oxygen atoms in total. The van der Waals surface area contributed by atoms with Crippen LogP contribution in [0.5, 0.6) is 0 Å². The first-order chi connectivity index (χ1) is 9.93. The van der Waals surface area contributed by atoms with Gasteiger partial charge in [-0.25, -0.2) is 4.79 Å². The number of nitrogens with one attached hydrogen (secondary N) is 1. The maximum Gasteiger partial charge on any atom is 0.337 e. The second kappa shape index (κ2) is 6.18. The van der Waals surface area contributed by atoms with Crippen LogP contribution in [0.3, 0.4) is 0 Å². The number of carbonyl (C=O) groups excluding carboxylic acids is 1. The average Bonchev–Trinajstić information content (AvgIpc) is 2.71. The molecule has 21 heavy (non-hydrogen) atoms. The van der Waals surface area contributed by atoms with E-state index in [0.29, 0.717) is 22.8 Å². The highest BCUT2D eigenvalue weighted by Crippen LogP contribution is 2.25. The lowest BCUT2D eigenvalue weighted by atomic mass is 10.1. The van der Waals surface area contributed by atoms with Gasteiger partial charge in [-0.1, -0.05) is 11.6 Å². The fraction of sp³-hybridized carbons (Fsp3) is 0.333. The van der Waals surface area contributed by atoms with Gasteiger partial charge in [-0.15, -0.1) is 0 Å². The first-order valence-corrected chi connectivity index (χ1v) is 6.92. The Balaban J connectivity index is 2.21. The predicted molar refractivity (Wildman–Crippen MR) is 82.8 cm³/mol. The van der Waals surface area contributed by atoms with Crippen molar-refractivity contribution in [1.29, 1.82) is 0 Å². The Morgan fingerprint density at radius 3 is 2.71 bits per heavy atom. The molecule has 0 aliphatic carbocycles. The molecule has 0 amide bonds. The van der Waals surface area contributed by atoms with E-state index < -0.39 is 0 Å². The molecule has 0 fully saturated rings. The lowest BCUT2D eigenvalue weighted by molar-refractivity contribution is 0.0601. The Hall–Kier alpha value is -2.01. The van der Waals surface area contributed by atoms with Crippen LogP contribution in [0.1, 0.15) is 27.3 Å². The van der Waals surface area contributed by atoms with E-state index in [-0.39, 0.29) is 5.97 Å². The molecule has 112 valence electrons. The standard InChI is InChI=1S/C15H18ClN3O2/c1-9-12(10(2)19(3)18-9)8-17-14-7-11(15(20)21-4)5-6-13(14)16/h5-7,17H,8H2,1-4H3. The van der Waals surface area contributed by atoms with Crippen molar-refractivity contribution in [1.82, 2.24) is 9.78 Å². The smallest absolute Gasteiger partial charge is 0.337 e. The highest BCUT2D eigenvalue weighted by molar-refractivity contribution is 6.33. The van der Waals surface area contributed by atoms with E-state index in [1.807, 2.05) is 25.6 Å². The van der Waals surface area contributed by atoms with Crippen molar-refractivity contribution in [3.8, 4) is 0 Å². The van der Waals surface area contributed by atoms with Crippen LogP contribution < -0.4 is 5.32 Å². The van der Waals surface area contributed by atoms with Crippen molar-refractivity contribution in [2.45, 2.75) is 20.4 Å². The van der Waals surface area contributed by atoms with Gasteiger partial charge in [0.15, 0.2) is 0 Å². The summed E-state index contributed by atoms with van der Waals surface area (Å²) in [6, 6.07) is 5.01. The summed E-state index contributed by atoms with van der Waals surface area (Å²) < 4.78 is 6.56. The van der Waals surface area contributed by atoms with E-state index in [2.05, 4.69) is 10.4 Å². The molecular formula is C15H18ClN3O2. The van der Waals surface area contributed by atoms with Crippen LogP contribution in [0.25, 0.3) is 0 Å². The topological polar surface area (TPSA) is 56.1 Å². The number of hydrogen-bond acceptors (Lipinski definition) is 4. The van der Waals surface area contributed by atoms with Crippen molar-refractivity contribution in [3.63, 3.8) is 0 Å². The molecule has 0 aliphatic rings. The van der Waals surface area contributed by atoms with Crippen LogP contribution in [-0.2, 0) is 18.3 Å². The molecule has 0 radical (unpaired) electrons. The number of anilines is 1. The normalized spacial score (nSPS) is 10.5. The van der Waals surface area contributed by atoms with Gasteiger partial charge in [-0.3, -0.25) is 4.68 Å². The Morgan fingerprint density at radius 2 is 2.14 bits per heavy atom. The molecule has 1 aromatic carbocycles. The summed E-state index contributed by atoms with van der Waals surface area (Å²) in [7, 11) is 3.27. The van der Waals surface area contributed by atoms with Gasteiger partial charge in [0.05, 0.1) is 29.1 Å². The fourth-order valence-electron chi connectivity index (χ4n) is 2.16. The number of nitrogens with zero attached hydrogens (tertiary/aromatic N) is 2. The van der Waals surface area contributed by atoms with Crippen LogP contribution >= 0.6 is 11.6 Å². The average molecular weight is 308 g/mol. The minimum atomic E-state index is -0.386. The zero-order chi connectivity index (χ0) is 15.6. The number of aryl methyl sites for hydroxylation is 2. The maximum absolute atomic E-state index is 11.6. The summed E-state index contributed by atoms with van der Waals surface area (Å²) >= 11 is 6.16. The molecule has 0 unspecified atom stereocenters. The number of carbonyl (C=O) groups is 1. The SMILES string of the molecule is COC(=O)c1ccc(Cl)c(NCc2c(C)nn(C)c2C)c1. The lowest BCUT2D eigenvalue weighted by Crippen LogP contribution is -2.05. The fourth-order valence-corrected chi connectivity index (χ4v) is 2.35. The van der Waals surface area contributed by atoms with Gasteiger partial charge in [0.25, 0.3) is 0 Å². The number of ether oxygens (including phenoxy) is 1. The molecule has 2 aromatic rings. The van der Waals surface area contributed by atoms with E-state index in [1.165, 1.54) is 7.11 Å². The van der Waals surface area contributed by atoms with Gasteiger partial charge in [0, 0.05) is 24.8 Å². The maximum atomic E-state index is 11.6. The van der Waals surface area contributed by atoms with Crippen molar-refractivity contribution in [3.05, 3.63) is 45.7 Å². The highest BCUT2D eigenvalue weighted by Gasteiger charge is 2.12. The minimum absolute atomic E-state index is 0.386. The molecule has 0 aliphatic heterocycles. The van der Waals surface area contributed by atoms with Crippen LogP contribution in [0.15, 0.2) is 18.2 Å². The molecule has 0 spiro atoms. The van der Waals surface area contributed by atoms with Crippen LogP contribution in [0, 0.1) is 13.8 Å². The second-order valence-corrected chi connectivity index (χ2v) is 5.22. The third-order valence-electron chi connectivity index (χ3n) is 3.50. The van der Waals surface area contributed by atoms with Crippen molar-refractivity contribution in [2.75, 3.05) is 12.4 Å². The van der Waals surface area contributed by atoms with Crippen molar-refractivity contribution >= 4 is 23.3 Å². The molecule has 6 heteroatoms. The Kier molecular flexibility index (Phi) is 4.53. The van der Waals surface area contributed by atoms with E-state index in [9.17, 15) is 4.79 Å². The monoisotopic (exact) mass is 307 g/mol. The minimum Gasteiger partial charge on any atom is -0.465 e. The van der Waals surface area contributed by atoms with Crippen molar-refractivity contribution in [2.24, 2.45) is 7.05 Å². The van der Waals surface area contributed by atoms with Gasteiger partial charge in [0.2, 0.25) is 0 Å². The van der Waals surface area contributed by atoms with E-state index in [1.54, 1.807) is 18.2 Å². The zero-order valence-electron chi connectivity index (χ0n) is 12.5. The Labute approximate surface area is 128 Å². The van der Waals surface area contributed by atoms with Crippen LogP contribution in [-0.4, -0.2) is 22.9 Å². The zero-order valence-corrected chi connectivity index (χ0v) is 13.3. The molecule has 1 heterocycles. The highest BCUT2D eigenvalue weighted by atomic mass is 35.5. The summed E-state index contributed by atoms with van der Waals surface area (Å²) in [5, 5.41) is 8.18. The number of methoxy groups -OCH3 is 1. The van der Waals surface area contributed by atoms with Gasteiger partial charge in [-0.2, -0.15) is 5.10 Å². The van der Waals surface area contributed by atoms with Crippen LogP contribution in [0.2, 0.25) is 5.02 Å². The number of rotatable bonds is 4. The summed E-state index contributed by atoms with van der Waals surface area (Å²) in [6.07, 6.45) is 0. The summed E-state index contributed by atoms with van der Waals surface area (Å²) in [4.78, 5) is 11.6. The summed E-state index contributed by atoms with van der Waals surface area (Å²) in [5.41, 5.74) is 4.35. The van der Waals surface area contributed by atoms with Crippen LogP contribution in [0.4, 0.5) is 5.69 Å². The first kappa shape index (κ1) is 15.4. The third-order valence-corrected chi connectivity index (χ3v) is 3.83. The molecule has 2 rings (SSSR count). The molecule has 0 bridgehead atoms. The first-order valence-electron chi connectivity index (χ1n) is 6.55. The number of aromatic nitrogens is 2. The number of esters is 1. The van der Waals surface area contributed by atoms with E-state index in [4.69, 9.17) is 16.3 Å². The molecule has 1 aromatic heterocycles. The molecule has 0 atom stereocenters. The number of benzene rings is 1. The van der Waals surface area contributed by atoms with Gasteiger partial charge >= 0.3 is 5.97 Å². The van der Waals surface area contributed by atoms with E-state index >= 15 is 0 Å². The quantitative estimate of drug-likeness (QED) is 0.882. The largest absolute Gasteiger partial charge is 0.465 e. The van der Waals surface area contributed by atoms with E-state index in [0.717, 1.165) is 17.0 Å². The van der Waals surface area contributed by atoms with Gasteiger partial charge < -0.3 is 10.1 Å². The van der Waals surface area contributed by atoms with Gasteiger partial charge in [-0.05, 0) is 32.0 Å². The van der Waals surface area contributed by atoms with Crippen molar-refractivity contribution < 1.29 is 9.53 Å². The number of halogens is 1. The Morgan fingerprint density at radius 1 is 1.43 bits per heavy atom. The summed E-state index contributed by atoms with van der Waals surface area (Å²) in [6.45, 7) is 4.58. The van der Waals surface area contributed by atoms with Gasteiger partial charge in [0.1, 0.15) is 0 Å². The summed E-state index contributed by atoms with van der Waals surface area (Å²) in [5.74, 6) is -0.386. The third kappa shape index (κ3) is 3.19. The molecule has 0 saturated heterocycles. The molecule has 1 N–H and O–H groups in total.